The van der Waals surface area contributed by atoms with Crippen molar-refractivity contribution in [3.8, 4) is 11.5 Å². The Balaban J connectivity index is 1.59. The summed E-state index contributed by atoms with van der Waals surface area (Å²) in [6.45, 7) is 3.51. The zero-order chi connectivity index (χ0) is 18.5. The lowest BCUT2D eigenvalue weighted by atomic mass is 10.1. The predicted molar refractivity (Wildman–Crippen MR) is 103 cm³/mol. The van der Waals surface area contributed by atoms with E-state index in [-0.39, 0.29) is 18.3 Å². The van der Waals surface area contributed by atoms with E-state index in [2.05, 4.69) is 10.5 Å². The molecule has 0 atom stereocenters. The number of aromatic hydroxyl groups is 1. The summed E-state index contributed by atoms with van der Waals surface area (Å²) < 4.78 is 5.62. The number of phenolic OH excluding ortho intramolecular Hbond substituents is 1. The van der Waals surface area contributed by atoms with Crippen molar-refractivity contribution in [1.29, 1.82) is 0 Å². The minimum Gasteiger partial charge on any atom is -0.507 e. The first-order valence-corrected chi connectivity index (χ1v) is 8.27. The van der Waals surface area contributed by atoms with Crippen molar-refractivity contribution < 1.29 is 14.6 Å². The van der Waals surface area contributed by atoms with Crippen molar-refractivity contribution in [2.24, 2.45) is 5.10 Å². The number of benzene rings is 3. The average Bonchev–Trinajstić information content (AvgIpc) is 2.64. The van der Waals surface area contributed by atoms with Crippen LogP contribution in [0.25, 0.3) is 10.8 Å². The monoisotopic (exact) mass is 348 g/mol. The zero-order valence-corrected chi connectivity index (χ0v) is 14.7. The van der Waals surface area contributed by atoms with Crippen LogP contribution in [0, 0.1) is 13.8 Å². The number of hydrazone groups is 1. The molecule has 0 aliphatic heterocycles. The molecule has 0 fully saturated rings. The number of fused-ring (bicyclic) bond motifs is 1. The van der Waals surface area contributed by atoms with Gasteiger partial charge in [0.2, 0.25) is 0 Å². The molecule has 0 saturated carbocycles. The van der Waals surface area contributed by atoms with E-state index in [0.29, 0.717) is 5.75 Å². The van der Waals surface area contributed by atoms with Crippen LogP contribution in [-0.2, 0) is 4.79 Å². The second kappa shape index (κ2) is 7.70. The van der Waals surface area contributed by atoms with Gasteiger partial charge in [-0.1, -0.05) is 36.4 Å². The Bertz CT molecular complexity index is 952. The van der Waals surface area contributed by atoms with Gasteiger partial charge in [-0.25, -0.2) is 5.43 Å². The van der Waals surface area contributed by atoms with Gasteiger partial charge in [0.15, 0.2) is 6.61 Å². The van der Waals surface area contributed by atoms with Gasteiger partial charge in [-0.05, 0) is 54.1 Å². The predicted octanol–water partition coefficient (Wildman–Crippen LogP) is 3.69. The van der Waals surface area contributed by atoms with Crippen molar-refractivity contribution in [3.63, 3.8) is 0 Å². The highest BCUT2D eigenvalue weighted by Gasteiger charge is 2.05. The molecule has 0 aliphatic rings. The van der Waals surface area contributed by atoms with Crippen LogP contribution in [0.3, 0.4) is 0 Å². The second-order valence-corrected chi connectivity index (χ2v) is 6.06. The molecular weight excluding hydrogens is 328 g/mol. The van der Waals surface area contributed by atoms with Crippen LogP contribution >= 0.6 is 0 Å². The largest absolute Gasteiger partial charge is 0.507 e. The number of phenols is 1. The van der Waals surface area contributed by atoms with E-state index in [1.54, 1.807) is 12.1 Å². The average molecular weight is 348 g/mol. The van der Waals surface area contributed by atoms with Crippen LogP contribution in [0.1, 0.15) is 16.7 Å². The summed E-state index contributed by atoms with van der Waals surface area (Å²) in [6.07, 6.45) is 1.54. The van der Waals surface area contributed by atoms with Gasteiger partial charge in [0.05, 0.1) is 6.21 Å². The first-order chi connectivity index (χ1) is 12.5. The normalized spacial score (nSPS) is 11.0. The summed E-state index contributed by atoms with van der Waals surface area (Å²) >= 11 is 0. The smallest absolute Gasteiger partial charge is 0.277 e. The Morgan fingerprint density at radius 1 is 1.12 bits per heavy atom. The molecule has 26 heavy (non-hydrogen) atoms. The maximum Gasteiger partial charge on any atom is 0.277 e. The molecule has 0 spiro atoms. The maximum absolute atomic E-state index is 11.9. The van der Waals surface area contributed by atoms with E-state index in [1.165, 1.54) is 6.21 Å². The zero-order valence-electron chi connectivity index (χ0n) is 14.7. The molecule has 0 aromatic heterocycles. The van der Waals surface area contributed by atoms with Gasteiger partial charge >= 0.3 is 0 Å². The van der Waals surface area contributed by atoms with Crippen LogP contribution < -0.4 is 10.2 Å². The Morgan fingerprint density at radius 2 is 1.81 bits per heavy atom. The Kier molecular flexibility index (Phi) is 5.17. The van der Waals surface area contributed by atoms with Gasteiger partial charge in [0.25, 0.3) is 5.91 Å². The van der Waals surface area contributed by atoms with Gasteiger partial charge < -0.3 is 9.84 Å². The molecule has 132 valence electrons. The van der Waals surface area contributed by atoms with Crippen LogP contribution in [-0.4, -0.2) is 23.8 Å². The lowest BCUT2D eigenvalue weighted by Gasteiger charge is -2.08. The second-order valence-electron chi connectivity index (χ2n) is 6.06. The number of carbonyl (C=O) groups is 1. The number of hydrogen-bond donors (Lipinski definition) is 2. The fourth-order valence-corrected chi connectivity index (χ4v) is 2.74. The van der Waals surface area contributed by atoms with Crippen molar-refractivity contribution in [1.82, 2.24) is 5.43 Å². The van der Waals surface area contributed by atoms with E-state index in [9.17, 15) is 9.90 Å². The molecule has 5 heteroatoms. The Labute approximate surface area is 151 Å². The fourth-order valence-electron chi connectivity index (χ4n) is 2.74. The number of aryl methyl sites for hydroxylation is 2. The Morgan fingerprint density at radius 3 is 2.58 bits per heavy atom. The van der Waals surface area contributed by atoms with Gasteiger partial charge in [0, 0.05) is 5.39 Å². The molecule has 5 nitrogen and oxygen atoms in total. The topological polar surface area (TPSA) is 70.9 Å². The van der Waals surface area contributed by atoms with Crippen molar-refractivity contribution in [3.05, 3.63) is 71.3 Å². The van der Waals surface area contributed by atoms with Crippen molar-refractivity contribution in [2.45, 2.75) is 13.8 Å². The van der Waals surface area contributed by atoms with E-state index in [0.717, 1.165) is 27.5 Å². The first-order valence-electron chi connectivity index (χ1n) is 8.27. The van der Waals surface area contributed by atoms with Gasteiger partial charge in [-0.15, -0.1) is 0 Å². The van der Waals surface area contributed by atoms with E-state index in [1.807, 2.05) is 56.3 Å². The van der Waals surface area contributed by atoms with Gasteiger partial charge in [-0.2, -0.15) is 5.10 Å². The SMILES string of the molecule is Cc1cc(C=NNC(=O)COc2cccc3ccccc23)cc(C)c1O. The third kappa shape index (κ3) is 4.00. The standard InChI is InChI=1S/C21H20N2O3/c1-14-10-16(11-15(2)21(14)25)12-22-23-20(24)13-26-19-9-5-7-17-6-3-4-8-18(17)19/h3-12,25H,13H2,1-2H3,(H,23,24). The summed E-state index contributed by atoms with van der Waals surface area (Å²) in [5.41, 5.74) is 4.77. The molecule has 0 unspecified atom stereocenters. The molecule has 3 aromatic rings. The van der Waals surface area contributed by atoms with Crippen LogP contribution in [0.15, 0.2) is 59.7 Å². The minimum absolute atomic E-state index is 0.126. The van der Waals surface area contributed by atoms with Crippen LogP contribution in [0.2, 0.25) is 0 Å². The first kappa shape index (κ1) is 17.5. The molecule has 0 aliphatic carbocycles. The molecule has 0 saturated heterocycles. The summed E-state index contributed by atoms with van der Waals surface area (Å²) in [4.78, 5) is 11.9. The highest BCUT2D eigenvalue weighted by molar-refractivity contribution is 5.89. The van der Waals surface area contributed by atoms with Gasteiger partial charge in [0.1, 0.15) is 11.5 Å². The summed E-state index contributed by atoms with van der Waals surface area (Å²) in [6, 6.07) is 17.2. The molecule has 0 heterocycles. The number of hydrogen-bond acceptors (Lipinski definition) is 4. The highest BCUT2D eigenvalue weighted by atomic mass is 16.5. The summed E-state index contributed by atoms with van der Waals surface area (Å²) in [5, 5.41) is 15.7. The maximum atomic E-state index is 11.9. The fraction of sp³-hybridized carbons (Fsp3) is 0.143. The van der Waals surface area contributed by atoms with Gasteiger partial charge in [-0.3, -0.25) is 4.79 Å². The molecule has 0 radical (unpaired) electrons. The van der Waals surface area contributed by atoms with Crippen molar-refractivity contribution >= 4 is 22.9 Å². The lowest BCUT2D eigenvalue weighted by molar-refractivity contribution is -0.123. The minimum atomic E-state index is -0.346. The number of carbonyl (C=O) groups excluding carboxylic acids is 1. The third-order valence-corrected chi connectivity index (χ3v) is 4.02. The highest BCUT2D eigenvalue weighted by Crippen LogP contribution is 2.25. The summed E-state index contributed by atoms with van der Waals surface area (Å²) in [5.74, 6) is 0.586. The molecule has 3 aromatic carbocycles. The molecule has 2 N–H and O–H groups in total. The Hall–Kier alpha value is -3.34. The number of rotatable bonds is 5. The van der Waals surface area contributed by atoms with Crippen LogP contribution in [0.5, 0.6) is 11.5 Å². The molecule has 0 bridgehead atoms. The van der Waals surface area contributed by atoms with E-state index >= 15 is 0 Å². The van der Waals surface area contributed by atoms with E-state index < -0.39 is 0 Å². The number of ether oxygens (including phenoxy) is 1. The number of amides is 1. The van der Waals surface area contributed by atoms with Crippen molar-refractivity contribution in [2.75, 3.05) is 6.61 Å². The lowest BCUT2D eigenvalue weighted by Crippen LogP contribution is -2.24. The van der Waals surface area contributed by atoms with E-state index in [4.69, 9.17) is 4.74 Å². The quantitative estimate of drug-likeness (QED) is 0.546. The van der Waals surface area contributed by atoms with Crippen LogP contribution in [0.4, 0.5) is 0 Å². The number of nitrogens with one attached hydrogen (secondary N) is 1. The summed E-state index contributed by atoms with van der Waals surface area (Å²) in [7, 11) is 0. The third-order valence-electron chi connectivity index (χ3n) is 4.02. The number of nitrogens with zero attached hydrogens (tertiary/aromatic N) is 1. The molecule has 3 rings (SSSR count). The molecule has 1 amide bonds. The molecular formula is C21H20N2O3.